The number of anilines is 1. The van der Waals surface area contributed by atoms with Crippen LogP contribution in [0.1, 0.15) is 17.5 Å². The predicted molar refractivity (Wildman–Crippen MR) is 83.9 cm³/mol. The van der Waals surface area contributed by atoms with Crippen LogP contribution in [0.2, 0.25) is 0 Å². The molecule has 0 bridgehead atoms. The summed E-state index contributed by atoms with van der Waals surface area (Å²) in [5.41, 5.74) is 2.58. The number of aromatic nitrogens is 2. The van der Waals surface area contributed by atoms with E-state index in [0.717, 1.165) is 10.6 Å². The average molecular weight is 326 g/mol. The Bertz CT molecular complexity index is 712. The van der Waals surface area contributed by atoms with Gasteiger partial charge in [-0.2, -0.15) is 4.31 Å². The lowest BCUT2D eigenvalue weighted by Crippen LogP contribution is -2.27. The monoisotopic (exact) mass is 326 g/mol. The fourth-order valence-electron chi connectivity index (χ4n) is 1.83. The number of nitrogens with zero attached hydrogens (tertiary/aromatic N) is 3. The first-order chi connectivity index (χ1) is 9.96. The van der Waals surface area contributed by atoms with Crippen LogP contribution >= 0.6 is 11.3 Å². The van der Waals surface area contributed by atoms with E-state index in [4.69, 9.17) is 0 Å². The Balaban J connectivity index is 2.31. The van der Waals surface area contributed by atoms with Crippen LogP contribution in [0.15, 0.2) is 28.7 Å². The van der Waals surface area contributed by atoms with Gasteiger partial charge in [0.2, 0.25) is 10.0 Å². The summed E-state index contributed by atoms with van der Waals surface area (Å²) in [6.07, 6.45) is 1.57. The van der Waals surface area contributed by atoms with Gasteiger partial charge in [0.05, 0.1) is 11.2 Å². The minimum Gasteiger partial charge on any atom is -0.369 e. The summed E-state index contributed by atoms with van der Waals surface area (Å²) in [7, 11) is -2.03. The van der Waals surface area contributed by atoms with Crippen LogP contribution in [0, 0.1) is 6.92 Å². The van der Waals surface area contributed by atoms with Gasteiger partial charge in [0.15, 0.2) is 0 Å². The van der Waals surface area contributed by atoms with Crippen molar-refractivity contribution in [2.75, 3.05) is 18.9 Å². The Labute approximate surface area is 128 Å². The molecule has 8 heteroatoms. The van der Waals surface area contributed by atoms with Gasteiger partial charge in [-0.3, -0.25) is 0 Å². The summed E-state index contributed by atoms with van der Waals surface area (Å²) in [6.45, 7) is 4.69. The number of sulfonamides is 1. The van der Waals surface area contributed by atoms with Crippen molar-refractivity contribution < 1.29 is 8.42 Å². The number of hydrogen-bond donors (Lipinski definition) is 1. The number of nitrogens with one attached hydrogen (secondary N) is 1. The van der Waals surface area contributed by atoms with E-state index in [1.165, 1.54) is 15.6 Å². The maximum absolute atomic E-state index is 12.7. The maximum Gasteiger partial charge on any atom is 0.246 e. The lowest BCUT2D eigenvalue weighted by Gasteiger charge is -2.18. The second-order valence-corrected chi connectivity index (χ2v) is 7.46. The fraction of sp³-hybridized carbons (Fsp3) is 0.385. The van der Waals surface area contributed by atoms with E-state index in [-0.39, 0.29) is 4.90 Å². The van der Waals surface area contributed by atoms with Crippen LogP contribution in [0.5, 0.6) is 0 Å². The Morgan fingerprint density at radius 3 is 2.76 bits per heavy atom. The number of hydrogen-bond acceptors (Lipinski definition) is 6. The first-order valence-corrected chi connectivity index (χ1v) is 8.83. The molecule has 2 heterocycles. The van der Waals surface area contributed by atoms with Crippen molar-refractivity contribution >= 4 is 27.2 Å². The van der Waals surface area contributed by atoms with Gasteiger partial charge in [-0.25, -0.2) is 18.4 Å². The Morgan fingerprint density at radius 2 is 2.14 bits per heavy atom. The molecular formula is C13H18N4O2S2. The standard InChI is InChI=1S/C13H18N4O2S2/c1-4-14-13-12(6-5-7-15-13)21(18,19)17(3)8-11-10(2)16-9-20-11/h5-7,9H,4,8H2,1-3H3,(H,14,15). The molecular weight excluding hydrogens is 308 g/mol. The van der Waals surface area contributed by atoms with Gasteiger partial charge in [-0.1, -0.05) is 0 Å². The summed E-state index contributed by atoms with van der Waals surface area (Å²) in [4.78, 5) is 9.38. The summed E-state index contributed by atoms with van der Waals surface area (Å²) in [6, 6.07) is 3.19. The highest BCUT2D eigenvalue weighted by molar-refractivity contribution is 7.89. The first-order valence-electron chi connectivity index (χ1n) is 6.51. The zero-order valence-corrected chi connectivity index (χ0v) is 13.8. The normalized spacial score (nSPS) is 11.8. The highest BCUT2D eigenvalue weighted by atomic mass is 32.2. The predicted octanol–water partition coefficient (Wildman–Crippen LogP) is 2.10. The molecule has 0 saturated heterocycles. The second kappa shape index (κ2) is 6.50. The molecule has 0 fully saturated rings. The summed E-state index contributed by atoms with van der Waals surface area (Å²) < 4.78 is 26.7. The van der Waals surface area contributed by atoms with Crippen molar-refractivity contribution in [3.63, 3.8) is 0 Å². The average Bonchev–Trinajstić information content (AvgIpc) is 2.85. The van der Waals surface area contributed by atoms with Crippen LogP contribution in [-0.4, -0.2) is 36.3 Å². The summed E-state index contributed by atoms with van der Waals surface area (Å²) in [5.74, 6) is 0.382. The smallest absolute Gasteiger partial charge is 0.246 e. The van der Waals surface area contributed by atoms with Crippen molar-refractivity contribution in [1.82, 2.24) is 14.3 Å². The van der Waals surface area contributed by atoms with E-state index in [0.29, 0.717) is 18.9 Å². The van der Waals surface area contributed by atoms with Crippen molar-refractivity contribution in [2.24, 2.45) is 0 Å². The van der Waals surface area contributed by atoms with Crippen molar-refractivity contribution in [3.05, 3.63) is 34.4 Å². The number of thiazole rings is 1. The largest absolute Gasteiger partial charge is 0.369 e. The number of aryl methyl sites for hydroxylation is 1. The Morgan fingerprint density at radius 1 is 1.38 bits per heavy atom. The van der Waals surface area contributed by atoms with Gasteiger partial charge in [0.1, 0.15) is 10.7 Å². The number of pyridine rings is 1. The van der Waals surface area contributed by atoms with E-state index < -0.39 is 10.0 Å². The van der Waals surface area contributed by atoms with E-state index in [1.807, 2.05) is 13.8 Å². The van der Waals surface area contributed by atoms with Gasteiger partial charge < -0.3 is 5.32 Å². The second-order valence-electron chi connectivity index (χ2n) is 4.50. The topological polar surface area (TPSA) is 75.2 Å². The molecule has 0 saturated carbocycles. The van der Waals surface area contributed by atoms with Crippen LogP contribution in [0.3, 0.4) is 0 Å². The van der Waals surface area contributed by atoms with Gasteiger partial charge >= 0.3 is 0 Å². The van der Waals surface area contributed by atoms with Crippen LogP contribution in [0.25, 0.3) is 0 Å². The fourth-order valence-corrected chi connectivity index (χ4v) is 4.00. The molecule has 114 valence electrons. The summed E-state index contributed by atoms with van der Waals surface area (Å²) >= 11 is 1.46. The molecule has 0 aliphatic heterocycles. The third-order valence-electron chi connectivity index (χ3n) is 3.01. The molecule has 0 aromatic carbocycles. The van der Waals surface area contributed by atoms with Gasteiger partial charge in [0, 0.05) is 31.2 Å². The molecule has 0 atom stereocenters. The zero-order valence-electron chi connectivity index (χ0n) is 12.2. The highest BCUT2D eigenvalue weighted by Gasteiger charge is 2.25. The first kappa shape index (κ1) is 15.9. The molecule has 6 nitrogen and oxygen atoms in total. The summed E-state index contributed by atoms with van der Waals surface area (Å²) in [5, 5.41) is 2.98. The molecule has 0 unspecified atom stereocenters. The molecule has 21 heavy (non-hydrogen) atoms. The SMILES string of the molecule is CCNc1ncccc1S(=O)(=O)N(C)Cc1scnc1C. The van der Waals surface area contributed by atoms with E-state index >= 15 is 0 Å². The number of rotatable bonds is 6. The Hall–Kier alpha value is -1.51. The lowest BCUT2D eigenvalue weighted by atomic mass is 10.4. The van der Waals surface area contributed by atoms with Gasteiger partial charge in [-0.15, -0.1) is 11.3 Å². The molecule has 2 rings (SSSR count). The highest BCUT2D eigenvalue weighted by Crippen LogP contribution is 2.24. The van der Waals surface area contributed by atoms with E-state index in [1.54, 1.807) is 30.9 Å². The molecule has 2 aromatic heterocycles. The molecule has 0 radical (unpaired) electrons. The molecule has 0 aliphatic rings. The maximum atomic E-state index is 12.7. The molecule has 1 N–H and O–H groups in total. The van der Waals surface area contributed by atoms with Crippen molar-refractivity contribution in [2.45, 2.75) is 25.3 Å². The van der Waals surface area contributed by atoms with Crippen LogP contribution in [-0.2, 0) is 16.6 Å². The van der Waals surface area contributed by atoms with Crippen LogP contribution in [0.4, 0.5) is 5.82 Å². The lowest BCUT2D eigenvalue weighted by molar-refractivity contribution is 0.468. The van der Waals surface area contributed by atoms with Gasteiger partial charge in [0.25, 0.3) is 0 Å². The van der Waals surface area contributed by atoms with E-state index in [2.05, 4.69) is 15.3 Å². The third-order valence-corrected chi connectivity index (χ3v) is 5.77. The van der Waals surface area contributed by atoms with Crippen molar-refractivity contribution in [1.29, 1.82) is 0 Å². The Kier molecular flexibility index (Phi) is 4.92. The minimum absolute atomic E-state index is 0.191. The molecule has 2 aromatic rings. The molecule has 0 spiro atoms. The quantitative estimate of drug-likeness (QED) is 0.880. The van der Waals surface area contributed by atoms with Crippen molar-refractivity contribution in [3.8, 4) is 0 Å². The van der Waals surface area contributed by atoms with E-state index in [9.17, 15) is 8.42 Å². The molecule has 0 aliphatic carbocycles. The van der Waals surface area contributed by atoms with Gasteiger partial charge in [-0.05, 0) is 26.0 Å². The molecule has 0 amide bonds. The third kappa shape index (κ3) is 3.39. The zero-order chi connectivity index (χ0) is 15.5. The minimum atomic E-state index is -3.60. The van der Waals surface area contributed by atoms with Crippen LogP contribution < -0.4 is 5.32 Å².